The number of sulfonamides is 1. The second-order valence-corrected chi connectivity index (χ2v) is 17.6. The number of nitrogens with zero attached hydrogens (tertiary/aromatic N) is 1. The van der Waals surface area contributed by atoms with Crippen LogP contribution in [0.15, 0.2) is 97.1 Å². The van der Waals surface area contributed by atoms with Crippen molar-refractivity contribution in [1.82, 2.24) is 4.72 Å². The molecule has 1 amide bonds. The minimum atomic E-state index is -3.30. The highest BCUT2D eigenvalue weighted by Gasteiger charge is 2.50. The second kappa shape index (κ2) is 19.4. The molecule has 322 valence electrons. The van der Waals surface area contributed by atoms with E-state index in [1.807, 2.05) is 66.7 Å². The first kappa shape index (κ1) is 44.9. The minimum Gasteiger partial charge on any atom is -0.488 e. The maximum atomic E-state index is 14.3. The smallest absolute Gasteiger partial charge is 0.304 e. The van der Waals surface area contributed by atoms with Gasteiger partial charge in [-0.2, -0.15) is 0 Å². The molecular weight excluding hydrogens is 804 g/mol. The number of anilines is 1. The number of carbonyl (C=O) groups excluding carboxylic acids is 3. The summed E-state index contributed by atoms with van der Waals surface area (Å²) in [4.78, 5) is 40.4. The quantitative estimate of drug-likeness (QED) is 0.0536. The molecule has 0 aliphatic carbocycles. The number of halogens is 1. The number of carbonyl (C=O) groups is 3. The van der Waals surface area contributed by atoms with Crippen molar-refractivity contribution >= 4 is 33.6 Å². The summed E-state index contributed by atoms with van der Waals surface area (Å²) >= 11 is 0. The number of amides is 1. The molecule has 2 unspecified atom stereocenters. The van der Waals surface area contributed by atoms with E-state index in [0.717, 1.165) is 17.4 Å². The Morgan fingerprint density at radius 1 is 0.934 bits per heavy atom. The summed E-state index contributed by atoms with van der Waals surface area (Å²) in [7, 11) is -3.30. The molecule has 3 atom stereocenters. The van der Waals surface area contributed by atoms with Gasteiger partial charge in [-0.25, -0.2) is 17.5 Å². The van der Waals surface area contributed by atoms with Crippen molar-refractivity contribution in [3.8, 4) is 17.6 Å². The molecule has 0 spiro atoms. The van der Waals surface area contributed by atoms with Gasteiger partial charge in [0.05, 0.1) is 18.2 Å². The lowest BCUT2D eigenvalue weighted by Crippen LogP contribution is -2.55. The summed E-state index contributed by atoms with van der Waals surface area (Å²) in [5.74, 6) is 3.68. The number of hydrogen-bond donors (Lipinski definition) is 1. The zero-order chi connectivity index (χ0) is 43.8. The van der Waals surface area contributed by atoms with Gasteiger partial charge in [-0.1, -0.05) is 66.6 Å². The molecule has 0 aromatic heterocycles. The summed E-state index contributed by atoms with van der Waals surface area (Å²) in [6, 6.07) is 28.0. The molecule has 1 N–H and O–H groups in total. The van der Waals surface area contributed by atoms with Crippen LogP contribution in [0.1, 0.15) is 86.9 Å². The van der Waals surface area contributed by atoms with Crippen molar-refractivity contribution < 1.29 is 50.9 Å². The summed E-state index contributed by atoms with van der Waals surface area (Å²) in [6.45, 7) is 6.68. The summed E-state index contributed by atoms with van der Waals surface area (Å²) in [5, 5.41) is 0. The van der Waals surface area contributed by atoms with Crippen LogP contribution in [0.3, 0.4) is 0 Å². The molecule has 6 rings (SSSR count). The highest BCUT2D eigenvalue weighted by molar-refractivity contribution is 7.88. The Balaban J connectivity index is 1.36. The van der Waals surface area contributed by atoms with E-state index < -0.39 is 57.2 Å². The summed E-state index contributed by atoms with van der Waals surface area (Å²) in [6.07, 6.45) is 2.23. The molecule has 61 heavy (non-hydrogen) atoms. The van der Waals surface area contributed by atoms with E-state index in [0.29, 0.717) is 53.9 Å². The molecule has 0 radical (unpaired) electrons. The second-order valence-electron chi connectivity index (χ2n) is 15.8. The number of esters is 2. The van der Waals surface area contributed by atoms with Gasteiger partial charge >= 0.3 is 11.9 Å². The third kappa shape index (κ3) is 12.3. The Kier molecular flexibility index (Phi) is 14.3. The van der Waals surface area contributed by atoms with Crippen LogP contribution in [-0.4, -0.2) is 63.7 Å². The molecule has 2 aliphatic rings. The molecule has 14 heteroatoms. The predicted octanol–water partition coefficient (Wildman–Crippen LogP) is 7.11. The highest BCUT2D eigenvalue weighted by atomic mass is 32.2. The fourth-order valence-corrected chi connectivity index (χ4v) is 7.86. The maximum Gasteiger partial charge on any atom is 0.304 e. The molecule has 12 nitrogen and oxygen atoms in total. The Hall–Kier alpha value is -5.59. The van der Waals surface area contributed by atoms with E-state index in [-0.39, 0.29) is 32.1 Å². The van der Waals surface area contributed by atoms with E-state index >= 15 is 0 Å². The van der Waals surface area contributed by atoms with Crippen LogP contribution in [0.25, 0.3) is 0 Å². The lowest BCUT2D eigenvalue weighted by atomic mass is 9.77. The Morgan fingerprint density at radius 3 is 2.26 bits per heavy atom. The Bertz CT molecular complexity index is 2350. The monoisotopic (exact) mass is 854 g/mol. The first-order valence-electron chi connectivity index (χ1n) is 20.1. The van der Waals surface area contributed by atoms with E-state index in [4.69, 9.17) is 23.7 Å². The normalized spacial score (nSPS) is 18.5. The Morgan fingerprint density at radius 2 is 1.62 bits per heavy atom. The van der Waals surface area contributed by atoms with Crippen molar-refractivity contribution in [2.24, 2.45) is 5.92 Å². The van der Waals surface area contributed by atoms with Gasteiger partial charge in [0.2, 0.25) is 21.5 Å². The maximum absolute atomic E-state index is 14.3. The number of aryl methyl sites for hydroxylation is 1. The number of hydrogen-bond acceptors (Lipinski definition) is 10. The molecule has 4 aromatic carbocycles. The van der Waals surface area contributed by atoms with Gasteiger partial charge in [-0.05, 0) is 98.5 Å². The lowest BCUT2D eigenvalue weighted by Gasteiger charge is -2.48. The number of benzene rings is 4. The van der Waals surface area contributed by atoms with E-state index in [9.17, 15) is 27.2 Å². The third-order valence-electron chi connectivity index (χ3n) is 10.4. The number of rotatable bonds is 16. The number of nitrogens with one attached hydrogen (secondary N) is 1. The first-order chi connectivity index (χ1) is 29.0. The van der Waals surface area contributed by atoms with Crippen LogP contribution in [0, 0.1) is 23.6 Å². The van der Waals surface area contributed by atoms with Crippen molar-refractivity contribution in [1.29, 1.82) is 0 Å². The molecule has 2 fully saturated rings. The van der Waals surface area contributed by atoms with Gasteiger partial charge in [-0.3, -0.25) is 14.4 Å². The van der Waals surface area contributed by atoms with Crippen LogP contribution in [0.2, 0.25) is 0 Å². The Labute approximate surface area is 356 Å². The fraction of sp³-hybridized carbons (Fsp3) is 0.383. The average molecular weight is 855 g/mol. The highest BCUT2D eigenvalue weighted by Crippen LogP contribution is 2.49. The van der Waals surface area contributed by atoms with Crippen LogP contribution in [-0.2, 0) is 56.4 Å². The van der Waals surface area contributed by atoms with Crippen molar-refractivity contribution in [2.45, 2.75) is 83.5 Å². The molecule has 0 bridgehead atoms. The van der Waals surface area contributed by atoms with Crippen LogP contribution in [0.5, 0.6) is 5.75 Å². The van der Waals surface area contributed by atoms with Crippen molar-refractivity contribution in [3.05, 3.63) is 131 Å². The van der Waals surface area contributed by atoms with Gasteiger partial charge in [0.15, 0.2) is 5.79 Å². The van der Waals surface area contributed by atoms with Crippen LogP contribution in [0.4, 0.5) is 10.1 Å². The largest absolute Gasteiger partial charge is 0.488 e. The summed E-state index contributed by atoms with van der Waals surface area (Å²) < 4.78 is 69.0. The lowest BCUT2D eigenvalue weighted by molar-refractivity contribution is -0.291. The third-order valence-corrected chi connectivity index (χ3v) is 11.1. The first-order valence-corrected chi connectivity index (χ1v) is 22.0. The molecule has 0 saturated carbocycles. The number of ether oxygens (including phenoxy) is 5. The number of β-lactam (4-membered cyclic amide) rings is 1. The SMILES string of the molecule is CC(=O)O[C@@H](CCC1C(=O)N(c2ccc(CCCNS(C)(=O)=O)cc2)C1c1ccc(C#CC2(OC(C)=O)COC(C)(C)OC2)cc1OCc1ccccc1)c1ccc(F)cc1. The van der Waals surface area contributed by atoms with Gasteiger partial charge in [0.25, 0.3) is 0 Å². The minimum absolute atomic E-state index is 0.00540. The van der Waals surface area contributed by atoms with Crippen LogP contribution < -0.4 is 14.4 Å². The molecule has 2 aliphatic heterocycles. The standard InChI is InChI=1S/C47H51FN2O10S/c1-32(51)59-42(37-16-18-38(48)19-17-37)24-23-41-44(50(45(41)53)39-20-13-34(14-21-39)12-9-27-49-61(5,54)55)40-22-15-35(28-43(40)56-29-36-10-7-6-8-11-36)25-26-47(60-33(2)52)30-57-46(3,4)58-31-47/h6-8,10-11,13-22,28,41-42,44,49H,9,12,23-24,27,29-31H2,1-5H3/t41?,42-,44?/m0/s1. The molecule has 4 aromatic rings. The molecule has 2 saturated heterocycles. The topological polar surface area (TPSA) is 147 Å². The zero-order valence-electron chi connectivity index (χ0n) is 34.9. The van der Waals surface area contributed by atoms with Crippen molar-refractivity contribution in [3.63, 3.8) is 0 Å². The zero-order valence-corrected chi connectivity index (χ0v) is 35.8. The molecular formula is C47H51FN2O10S. The van der Waals surface area contributed by atoms with Gasteiger partial charge in [0.1, 0.15) is 37.5 Å². The van der Waals surface area contributed by atoms with Gasteiger partial charge in [0, 0.05) is 37.2 Å². The van der Waals surface area contributed by atoms with E-state index in [1.54, 1.807) is 36.9 Å². The van der Waals surface area contributed by atoms with Gasteiger partial charge < -0.3 is 28.6 Å². The van der Waals surface area contributed by atoms with E-state index in [1.165, 1.54) is 26.0 Å². The van der Waals surface area contributed by atoms with Gasteiger partial charge in [-0.15, -0.1) is 0 Å². The van der Waals surface area contributed by atoms with Crippen LogP contribution >= 0.6 is 0 Å². The van der Waals surface area contributed by atoms with Crippen molar-refractivity contribution in [2.75, 3.05) is 30.9 Å². The van der Waals surface area contributed by atoms with E-state index in [2.05, 4.69) is 16.6 Å². The fourth-order valence-electron chi connectivity index (χ4n) is 7.35. The summed E-state index contributed by atoms with van der Waals surface area (Å²) in [5.41, 5.74) is 3.08. The average Bonchev–Trinajstić information content (AvgIpc) is 3.21. The predicted molar refractivity (Wildman–Crippen MR) is 226 cm³/mol. The molecule has 2 heterocycles.